The molecule has 12 heteroatoms. The van der Waals surface area contributed by atoms with Gasteiger partial charge >= 0.3 is 12.4 Å². The molecule has 39 heavy (non-hydrogen) atoms. The first-order valence-electron chi connectivity index (χ1n) is 11.5. The van der Waals surface area contributed by atoms with Crippen LogP contribution in [-0.4, -0.2) is 16.8 Å². The van der Waals surface area contributed by atoms with Gasteiger partial charge in [0.1, 0.15) is 0 Å². The quantitative estimate of drug-likeness (QED) is 0.244. The number of fused-ring (bicyclic) bond motifs is 1. The van der Waals surface area contributed by atoms with Gasteiger partial charge in [-0.15, -0.1) is 0 Å². The average molecular weight is 566 g/mol. The highest BCUT2D eigenvalue weighted by atomic mass is 32.1. The Balaban J connectivity index is 1.51. The first kappa shape index (κ1) is 28.1. The van der Waals surface area contributed by atoms with Gasteiger partial charge in [0, 0.05) is 11.3 Å². The molecule has 0 aliphatic rings. The number of amides is 2. The summed E-state index contributed by atoms with van der Waals surface area (Å²) in [7, 11) is 0. The van der Waals surface area contributed by atoms with Crippen LogP contribution < -0.4 is 10.6 Å². The van der Waals surface area contributed by atoms with Crippen LogP contribution in [0.4, 0.5) is 37.2 Å². The summed E-state index contributed by atoms with van der Waals surface area (Å²) in [6.45, 7) is 5.74. The van der Waals surface area contributed by atoms with E-state index in [1.807, 2.05) is 32.9 Å². The Hall–Kier alpha value is -3.93. The Bertz CT molecular complexity index is 1540. The molecule has 0 radical (unpaired) electrons. The summed E-state index contributed by atoms with van der Waals surface area (Å²) in [5.74, 6) is -1.19. The zero-order valence-corrected chi connectivity index (χ0v) is 21.6. The Morgan fingerprint density at radius 2 is 1.41 bits per heavy atom. The number of thiazole rings is 1. The first-order chi connectivity index (χ1) is 18.1. The molecule has 0 fully saturated rings. The van der Waals surface area contributed by atoms with Gasteiger partial charge in [-0.2, -0.15) is 26.3 Å². The van der Waals surface area contributed by atoms with E-state index in [1.54, 1.807) is 18.2 Å². The number of aromatic nitrogens is 1. The fraction of sp³-hybridized carbons (Fsp3) is 0.222. The van der Waals surface area contributed by atoms with Crippen LogP contribution in [0.25, 0.3) is 10.2 Å². The molecule has 0 saturated heterocycles. The van der Waals surface area contributed by atoms with E-state index in [-0.39, 0.29) is 17.1 Å². The minimum absolute atomic E-state index is 0.00411. The third kappa shape index (κ3) is 6.56. The molecule has 1 aromatic heterocycles. The molecule has 4 aromatic rings. The zero-order chi connectivity index (χ0) is 28.7. The minimum atomic E-state index is -5.01. The number of halogens is 6. The number of anilines is 2. The maximum absolute atomic E-state index is 13.1. The second-order valence-electron chi connectivity index (χ2n) is 9.07. The first-order valence-corrected chi connectivity index (χ1v) is 12.3. The van der Waals surface area contributed by atoms with Crippen LogP contribution in [0.5, 0.6) is 0 Å². The summed E-state index contributed by atoms with van der Waals surface area (Å²) in [5, 5.41) is 5.39. The smallest absolute Gasteiger partial charge is 0.322 e. The summed E-state index contributed by atoms with van der Waals surface area (Å²) in [6.07, 6.45) is -10.8. The van der Waals surface area contributed by atoms with Crippen LogP contribution in [-0.2, 0) is 23.6 Å². The van der Waals surface area contributed by atoms with Crippen LogP contribution in [0.2, 0.25) is 0 Å². The Morgan fingerprint density at radius 1 is 0.821 bits per heavy atom. The van der Waals surface area contributed by atoms with E-state index >= 15 is 0 Å². The summed E-state index contributed by atoms with van der Waals surface area (Å²) in [4.78, 5) is 29.6. The minimum Gasteiger partial charge on any atom is -0.322 e. The van der Waals surface area contributed by atoms with Crippen molar-refractivity contribution < 1.29 is 35.9 Å². The number of hydrogen-bond acceptors (Lipinski definition) is 4. The normalized spacial score (nSPS) is 12.0. The Kier molecular flexibility index (Phi) is 7.44. The van der Waals surface area contributed by atoms with Crippen LogP contribution in [0.1, 0.15) is 43.7 Å². The van der Waals surface area contributed by atoms with E-state index < -0.39 is 41.4 Å². The van der Waals surface area contributed by atoms with Gasteiger partial charge < -0.3 is 10.6 Å². The second kappa shape index (κ2) is 10.3. The predicted molar refractivity (Wildman–Crippen MR) is 137 cm³/mol. The van der Waals surface area contributed by atoms with Crippen molar-refractivity contribution in [1.29, 1.82) is 0 Å². The van der Waals surface area contributed by atoms with Crippen LogP contribution in [0.3, 0.4) is 0 Å². The lowest BCUT2D eigenvalue weighted by molar-refractivity contribution is -0.143. The zero-order valence-electron chi connectivity index (χ0n) is 20.8. The molecule has 3 aromatic carbocycles. The third-order valence-corrected chi connectivity index (χ3v) is 6.76. The molecule has 0 bridgehead atoms. The van der Waals surface area contributed by atoms with Crippen molar-refractivity contribution in [3.05, 3.63) is 87.5 Å². The molecule has 2 amide bonds. The number of nitrogens with zero attached hydrogens (tertiary/aromatic N) is 1. The van der Waals surface area contributed by atoms with Crippen molar-refractivity contribution in [2.45, 2.75) is 39.5 Å². The van der Waals surface area contributed by atoms with Crippen molar-refractivity contribution in [1.82, 2.24) is 4.98 Å². The number of carbonyl (C=O) groups excluding carboxylic acids is 2. The summed E-state index contributed by atoms with van der Waals surface area (Å²) in [5.41, 5.74) is 0.935. The fourth-order valence-electron chi connectivity index (χ4n) is 4.15. The van der Waals surface area contributed by atoms with Crippen LogP contribution in [0, 0.1) is 20.8 Å². The molecule has 5 nitrogen and oxygen atoms in total. The summed E-state index contributed by atoms with van der Waals surface area (Å²) in [6, 6.07) is 9.64. The standard InChI is InChI=1S/C27H21F6N3O2S/c1-13-6-14(2)23(15(3)7-13)36-24(38)17-4-5-20-21(11-17)39-25(34-20)35-22(37)10-16-8-18(26(28,29)30)12-19(9-16)27(31,32)33/h4-9,11-12H,10H2,1-3H3,(H,36,38)(H,34,35,37). The molecule has 204 valence electrons. The van der Waals surface area contributed by atoms with Crippen molar-refractivity contribution in [2.24, 2.45) is 0 Å². The molecule has 0 atom stereocenters. The summed E-state index contributed by atoms with van der Waals surface area (Å²) >= 11 is 1.01. The highest BCUT2D eigenvalue weighted by Crippen LogP contribution is 2.36. The third-order valence-electron chi connectivity index (χ3n) is 5.82. The molecule has 1 heterocycles. The topological polar surface area (TPSA) is 71.1 Å². The Morgan fingerprint density at radius 3 is 1.97 bits per heavy atom. The van der Waals surface area contributed by atoms with E-state index in [1.165, 1.54) is 0 Å². The molecular formula is C27H21F6N3O2S. The van der Waals surface area contributed by atoms with Gasteiger partial charge in [0.05, 0.1) is 27.8 Å². The van der Waals surface area contributed by atoms with E-state index in [0.29, 0.717) is 33.6 Å². The summed E-state index contributed by atoms with van der Waals surface area (Å²) < 4.78 is 79.2. The average Bonchev–Trinajstić information content (AvgIpc) is 3.21. The van der Waals surface area contributed by atoms with Crippen molar-refractivity contribution in [2.75, 3.05) is 10.6 Å². The molecule has 2 N–H and O–H groups in total. The fourth-order valence-corrected chi connectivity index (χ4v) is 5.07. The van der Waals surface area contributed by atoms with Crippen molar-refractivity contribution in [3.63, 3.8) is 0 Å². The molecule has 0 aliphatic carbocycles. The number of alkyl halides is 6. The second-order valence-corrected chi connectivity index (χ2v) is 10.1. The van der Waals surface area contributed by atoms with E-state index in [0.717, 1.165) is 28.0 Å². The van der Waals surface area contributed by atoms with Gasteiger partial charge in [0.15, 0.2) is 5.13 Å². The van der Waals surface area contributed by atoms with Crippen molar-refractivity contribution >= 4 is 44.2 Å². The van der Waals surface area contributed by atoms with Gasteiger partial charge in [0.2, 0.25) is 5.91 Å². The lowest BCUT2D eigenvalue weighted by Crippen LogP contribution is -2.17. The number of rotatable bonds is 5. The Labute approximate surface area is 222 Å². The number of nitrogens with one attached hydrogen (secondary N) is 2. The van der Waals surface area contributed by atoms with Crippen LogP contribution in [0.15, 0.2) is 48.5 Å². The number of carbonyl (C=O) groups is 2. The van der Waals surface area contributed by atoms with Crippen LogP contribution >= 0.6 is 11.3 Å². The van der Waals surface area contributed by atoms with Gasteiger partial charge in [-0.25, -0.2) is 4.98 Å². The number of aryl methyl sites for hydroxylation is 3. The molecule has 4 rings (SSSR count). The predicted octanol–water partition coefficient (Wildman–Crippen LogP) is 7.69. The van der Waals surface area contributed by atoms with E-state index in [9.17, 15) is 35.9 Å². The highest BCUT2D eigenvalue weighted by Gasteiger charge is 2.37. The lowest BCUT2D eigenvalue weighted by atomic mass is 10.0. The monoisotopic (exact) mass is 565 g/mol. The number of benzene rings is 3. The van der Waals surface area contributed by atoms with E-state index in [2.05, 4.69) is 15.6 Å². The maximum Gasteiger partial charge on any atom is 0.416 e. The van der Waals surface area contributed by atoms with Gasteiger partial charge in [-0.05, 0) is 73.9 Å². The SMILES string of the molecule is Cc1cc(C)c(NC(=O)c2ccc3nc(NC(=O)Cc4cc(C(F)(F)F)cc(C(F)(F)F)c4)sc3c2)c(C)c1. The molecule has 0 unspecified atom stereocenters. The van der Waals surface area contributed by atoms with Gasteiger partial charge in [0.25, 0.3) is 5.91 Å². The van der Waals surface area contributed by atoms with E-state index in [4.69, 9.17) is 0 Å². The van der Waals surface area contributed by atoms with Gasteiger partial charge in [-0.1, -0.05) is 29.0 Å². The number of hydrogen-bond donors (Lipinski definition) is 2. The maximum atomic E-state index is 13.1. The molecular weight excluding hydrogens is 544 g/mol. The largest absolute Gasteiger partial charge is 0.416 e. The molecule has 0 spiro atoms. The molecule has 0 saturated carbocycles. The molecule has 0 aliphatic heterocycles. The highest BCUT2D eigenvalue weighted by molar-refractivity contribution is 7.22. The lowest BCUT2D eigenvalue weighted by Gasteiger charge is -2.14. The van der Waals surface area contributed by atoms with Gasteiger partial charge in [-0.3, -0.25) is 9.59 Å². The van der Waals surface area contributed by atoms with Crippen molar-refractivity contribution in [3.8, 4) is 0 Å².